The molecular weight excluding hydrogens is 268 g/mol. The molecule has 1 N–H and O–H groups in total. The number of hydrogen-bond acceptors (Lipinski definition) is 5. The Kier molecular flexibility index (Phi) is 3.27. The number of benzene rings is 1. The number of hydrogen-bond donors (Lipinski definition) is 1. The first-order chi connectivity index (χ1) is 9.22. The molecule has 1 aliphatic rings. The molecule has 2 heterocycles. The van der Waals surface area contributed by atoms with E-state index in [2.05, 4.69) is 15.4 Å². The van der Waals surface area contributed by atoms with E-state index in [1.807, 2.05) is 19.2 Å². The standard InChI is InChI=1S/C12H13ClN4O2/c1-17-6-15-11(16-17)5-14-4-8-2-9(13)12-10(3-8)18-7-19-12/h2-3,6,14H,4-5,7H2,1H3. The van der Waals surface area contributed by atoms with E-state index in [9.17, 15) is 0 Å². The Morgan fingerprint density at radius 2 is 2.26 bits per heavy atom. The summed E-state index contributed by atoms with van der Waals surface area (Å²) in [5, 5.41) is 8.02. The average Bonchev–Trinajstić information content (AvgIpc) is 2.98. The van der Waals surface area contributed by atoms with Crippen LogP contribution >= 0.6 is 11.6 Å². The van der Waals surface area contributed by atoms with Crippen molar-refractivity contribution in [1.29, 1.82) is 0 Å². The summed E-state index contributed by atoms with van der Waals surface area (Å²) in [7, 11) is 1.84. The van der Waals surface area contributed by atoms with E-state index in [4.69, 9.17) is 21.1 Å². The number of ether oxygens (including phenoxy) is 2. The molecule has 0 fully saturated rings. The molecule has 0 saturated heterocycles. The number of fused-ring (bicyclic) bond motifs is 1. The van der Waals surface area contributed by atoms with Crippen molar-refractivity contribution >= 4 is 11.6 Å². The molecule has 19 heavy (non-hydrogen) atoms. The van der Waals surface area contributed by atoms with Gasteiger partial charge in [-0.25, -0.2) is 4.98 Å². The third kappa shape index (κ3) is 2.64. The summed E-state index contributed by atoms with van der Waals surface area (Å²) in [5.74, 6) is 2.08. The average molecular weight is 281 g/mol. The van der Waals surface area contributed by atoms with Gasteiger partial charge in [0.25, 0.3) is 0 Å². The Labute approximate surface area is 115 Å². The van der Waals surface area contributed by atoms with Gasteiger partial charge in [0.2, 0.25) is 6.79 Å². The van der Waals surface area contributed by atoms with E-state index in [0.717, 1.165) is 11.4 Å². The van der Waals surface area contributed by atoms with Gasteiger partial charge < -0.3 is 14.8 Å². The maximum atomic E-state index is 6.11. The van der Waals surface area contributed by atoms with E-state index in [1.54, 1.807) is 11.0 Å². The van der Waals surface area contributed by atoms with Gasteiger partial charge in [0, 0.05) is 13.6 Å². The number of nitrogens with one attached hydrogen (secondary N) is 1. The topological polar surface area (TPSA) is 61.2 Å². The number of rotatable bonds is 4. The minimum Gasteiger partial charge on any atom is -0.454 e. The second-order valence-corrected chi connectivity index (χ2v) is 4.66. The largest absolute Gasteiger partial charge is 0.454 e. The zero-order chi connectivity index (χ0) is 13.2. The first-order valence-electron chi connectivity index (χ1n) is 5.85. The van der Waals surface area contributed by atoms with Gasteiger partial charge in [-0.05, 0) is 17.7 Å². The number of aryl methyl sites for hydroxylation is 1. The lowest BCUT2D eigenvalue weighted by Crippen LogP contribution is -2.14. The highest BCUT2D eigenvalue weighted by atomic mass is 35.5. The highest BCUT2D eigenvalue weighted by Gasteiger charge is 2.18. The summed E-state index contributed by atoms with van der Waals surface area (Å²) in [6.45, 7) is 1.49. The summed E-state index contributed by atoms with van der Waals surface area (Å²) in [6.07, 6.45) is 1.68. The van der Waals surface area contributed by atoms with Crippen LogP contribution in [0.2, 0.25) is 5.02 Å². The highest BCUT2D eigenvalue weighted by Crippen LogP contribution is 2.39. The molecule has 0 radical (unpaired) electrons. The van der Waals surface area contributed by atoms with E-state index in [-0.39, 0.29) is 6.79 Å². The van der Waals surface area contributed by atoms with Crippen molar-refractivity contribution in [2.45, 2.75) is 13.1 Å². The molecule has 0 aliphatic carbocycles. The van der Waals surface area contributed by atoms with Crippen molar-refractivity contribution < 1.29 is 9.47 Å². The molecule has 0 unspecified atom stereocenters. The maximum Gasteiger partial charge on any atom is 0.231 e. The van der Waals surface area contributed by atoms with Gasteiger partial charge in [-0.15, -0.1) is 0 Å². The number of aromatic nitrogens is 3. The third-order valence-electron chi connectivity index (χ3n) is 2.75. The van der Waals surface area contributed by atoms with Gasteiger partial charge >= 0.3 is 0 Å². The van der Waals surface area contributed by atoms with Crippen LogP contribution in [0.15, 0.2) is 18.5 Å². The van der Waals surface area contributed by atoms with Crippen molar-refractivity contribution in [3.63, 3.8) is 0 Å². The van der Waals surface area contributed by atoms with E-state index < -0.39 is 0 Å². The van der Waals surface area contributed by atoms with Crippen LogP contribution in [0.3, 0.4) is 0 Å². The van der Waals surface area contributed by atoms with Gasteiger partial charge in [-0.3, -0.25) is 4.68 Å². The third-order valence-corrected chi connectivity index (χ3v) is 3.03. The van der Waals surface area contributed by atoms with Crippen LogP contribution in [0.1, 0.15) is 11.4 Å². The zero-order valence-corrected chi connectivity index (χ0v) is 11.1. The lowest BCUT2D eigenvalue weighted by Gasteiger charge is -2.05. The molecule has 6 nitrogen and oxygen atoms in total. The second kappa shape index (κ2) is 5.07. The molecule has 0 amide bonds. The van der Waals surface area contributed by atoms with Crippen molar-refractivity contribution in [2.75, 3.05) is 6.79 Å². The van der Waals surface area contributed by atoms with Gasteiger partial charge in [-0.2, -0.15) is 5.10 Å². The normalized spacial score (nSPS) is 12.9. The molecule has 1 aliphatic heterocycles. The van der Waals surface area contributed by atoms with Crippen LogP contribution in [0.25, 0.3) is 0 Å². The minimum absolute atomic E-state index is 0.226. The Balaban J connectivity index is 1.63. The molecule has 1 aromatic heterocycles. The molecule has 0 spiro atoms. The molecule has 0 atom stereocenters. The SMILES string of the molecule is Cn1cnc(CNCc2cc(Cl)c3c(c2)OCO3)n1. The summed E-state index contributed by atoms with van der Waals surface area (Å²) in [5.41, 5.74) is 1.03. The van der Waals surface area contributed by atoms with Gasteiger partial charge in [0.05, 0.1) is 11.6 Å². The van der Waals surface area contributed by atoms with Crippen LogP contribution in [0.5, 0.6) is 11.5 Å². The predicted molar refractivity (Wildman–Crippen MR) is 69.1 cm³/mol. The Morgan fingerprint density at radius 1 is 1.37 bits per heavy atom. The predicted octanol–water partition coefficient (Wildman–Crippen LogP) is 1.49. The summed E-state index contributed by atoms with van der Waals surface area (Å²) >= 11 is 6.11. The van der Waals surface area contributed by atoms with Crippen molar-refractivity contribution in [3.8, 4) is 11.5 Å². The smallest absolute Gasteiger partial charge is 0.231 e. The van der Waals surface area contributed by atoms with Crippen LogP contribution in [0, 0.1) is 0 Å². The lowest BCUT2D eigenvalue weighted by atomic mass is 10.2. The van der Waals surface area contributed by atoms with Gasteiger partial charge in [0.1, 0.15) is 6.33 Å². The van der Waals surface area contributed by atoms with Gasteiger partial charge in [0.15, 0.2) is 17.3 Å². The van der Waals surface area contributed by atoms with Crippen LogP contribution in [-0.2, 0) is 20.1 Å². The molecule has 0 saturated carbocycles. The lowest BCUT2D eigenvalue weighted by molar-refractivity contribution is 0.174. The van der Waals surface area contributed by atoms with Crippen molar-refractivity contribution in [1.82, 2.24) is 20.1 Å². The number of halogens is 1. The quantitative estimate of drug-likeness (QED) is 0.919. The fraction of sp³-hybridized carbons (Fsp3) is 0.333. The maximum absolute atomic E-state index is 6.11. The molecule has 3 rings (SSSR count). The van der Waals surface area contributed by atoms with E-state index >= 15 is 0 Å². The van der Waals surface area contributed by atoms with Gasteiger partial charge in [-0.1, -0.05) is 11.6 Å². The Hall–Kier alpha value is -1.79. The van der Waals surface area contributed by atoms with E-state index in [1.165, 1.54) is 0 Å². The second-order valence-electron chi connectivity index (χ2n) is 4.25. The monoisotopic (exact) mass is 280 g/mol. The molecule has 2 aromatic rings. The Bertz CT molecular complexity index is 599. The summed E-state index contributed by atoms with van der Waals surface area (Å²) in [6, 6.07) is 3.79. The summed E-state index contributed by atoms with van der Waals surface area (Å²) < 4.78 is 12.3. The fourth-order valence-corrected chi connectivity index (χ4v) is 2.19. The van der Waals surface area contributed by atoms with Crippen molar-refractivity contribution in [2.24, 2.45) is 7.05 Å². The molecule has 0 bridgehead atoms. The van der Waals surface area contributed by atoms with Crippen LogP contribution in [0.4, 0.5) is 0 Å². The first kappa shape index (κ1) is 12.3. The zero-order valence-electron chi connectivity index (χ0n) is 10.4. The Morgan fingerprint density at radius 3 is 3.05 bits per heavy atom. The first-order valence-corrected chi connectivity index (χ1v) is 6.23. The molecule has 1 aromatic carbocycles. The van der Waals surface area contributed by atoms with Crippen molar-refractivity contribution in [3.05, 3.63) is 34.9 Å². The molecular formula is C12H13ClN4O2. The minimum atomic E-state index is 0.226. The van der Waals surface area contributed by atoms with Crippen LogP contribution < -0.4 is 14.8 Å². The highest BCUT2D eigenvalue weighted by molar-refractivity contribution is 6.32. The number of nitrogens with zero attached hydrogens (tertiary/aromatic N) is 3. The summed E-state index contributed by atoms with van der Waals surface area (Å²) in [4.78, 5) is 4.14. The molecule has 7 heteroatoms. The van der Waals surface area contributed by atoms with E-state index in [0.29, 0.717) is 29.6 Å². The van der Waals surface area contributed by atoms with Crippen LogP contribution in [-0.4, -0.2) is 21.6 Å². The molecule has 100 valence electrons. The fourth-order valence-electron chi connectivity index (χ4n) is 1.91.